The first-order chi connectivity index (χ1) is 8.01. The van der Waals surface area contributed by atoms with E-state index < -0.39 is 43.3 Å². The fourth-order valence-electron chi connectivity index (χ4n) is 1.51. The molecule has 8 heteroatoms. The molecule has 1 heterocycles. The number of amides is 1. The van der Waals surface area contributed by atoms with Crippen molar-refractivity contribution in [2.24, 2.45) is 0 Å². The van der Waals surface area contributed by atoms with Crippen LogP contribution in [0.3, 0.4) is 0 Å². The molecule has 1 rings (SSSR count). The topological polar surface area (TPSA) is 128 Å². The maximum absolute atomic E-state index is 11.1. The summed E-state index contributed by atoms with van der Waals surface area (Å²) in [5, 5.41) is 39.5. The number of rotatable bonds is 3. The summed E-state index contributed by atoms with van der Waals surface area (Å²) in [7, 11) is 0. The molecule has 0 bridgehead atoms. The van der Waals surface area contributed by atoms with Crippen molar-refractivity contribution in [3.05, 3.63) is 0 Å². The Morgan fingerprint density at radius 2 is 1.94 bits per heavy atom. The second kappa shape index (κ2) is 6.12. The number of carbonyl (C=O) groups is 1. The van der Waals surface area contributed by atoms with Crippen molar-refractivity contribution in [1.82, 2.24) is 5.32 Å². The van der Waals surface area contributed by atoms with Crippen LogP contribution in [0, 0.1) is 0 Å². The van der Waals surface area contributed by atoms with E-state index in [0.717, 1.165) is 0 Å². The molecule has 5 atom stereocenters. The molecule has 1 aliphatic heterocycles. The zero-order valence-electron chi connectivity index (χ0n) is 9.31. The Hall–Kier alpha value is -0.930. The van der Waals surface area contributed by atoms with Crippen LogP contribution in [0.5, 0.6) is 0 Å². The number of alkyl carbamates (subject to hydrolysis) is 1. The summed E-state index contributed by atoms with van der Waals surface area (Å²) < 4.78 is 9.60. The van der Waals surface area contributed by atoms with Crippen molar-refractivity contribution in [2.75, 3.05) is 13.2 Å². The van der Waals surface area contributed by atoms with E-state index in [9.17, 15) is 20.1 Å². The molecule has 1 saturated heterocycles. The molecule has 100 valence electrons. The summed E-state index contributed by atoms with van der Waals surface area (Å²) in [6.07, 6.45) is -7.60. The summed E-state index contributed by atoms with van der Waals surface area (Å²) in [6, 6.07) is 0. The molecule has 0 aromatic rings. The average molecular weight is 251 g/mol. The predicted octanol–water partition coefficient (Wildman–Crippen LogP) is -2.47. The number of hydrogen-bond donors (Lipinski definition) is 5. The van der Waals surface area contributed by atoms with Crippen LogP contribution in [0.15, 0.2) is 0 Å². The molecule has 0 aliphatic carbocycles. The molecule has 17 heavy (non-hydrogen) atoms. The average Bonchev–Trinajstić information content (AvgIpc) is 2.30. The van der Waals surface area contributed by atoms with Crippen LogP contribution in [-0.2, 0) is 9.47 Å². The first-order valence-electron chi connectivity index (χ1n) is 5.25. The molecule has 0 spiro atoms. The van der Waals surface area contributed by atoms with E-state index in [-0.39, 0.29) is 6.61 Å². The van der Waals surface area contributed by atoms with Crippen molar-refractivity contribution in [2.45, 2.75) is 37.6 Å². The highest BCUT2D eigenvalue weighted by atomic mass is 16.6. The zero-order valence-corrected chi connectivity index (χ0v) is 9.31. The number of carbonyl (C=O) groups excluding carboxylic acids is 1. The van der Waals surface area contributed by atoms with Crippen LogP contribution in [0.25, 0.3) is 0 Å². The van der Waals surface area contributed by atoms with Crippen LogP contribution in [-0.4, -0.2) is 70.4 Å². The van der Waals surface area contributed by atoms with Gasteiger partial charge < -0.3 is 29.9 Å². The Labute approximate surface area is 97.8 Å². The molecule has 1 amide bonds. The SMILES string of the molecule is CCOC(=O)N[C@@H]1O[C@H](CO)[C@H](O)[C@@H](O)[C@H]1O. The van der Waals surface area contributed by atoms with Gasteiger partial charge >= 0.3 is 6.09 Å². The lowest BCUT2D eigenvalue weighted by Gasteiger charge is -2.39. The summed E-state index contributed by atoms with van der Waals surface area (Å²) in [4.78, 5) is 11.1. The van der Waals surface area contributed by atoms with E-state index in [2.05, 4.69) is 10.1 Å². The lowest BCUT2D eigenvalue weighted by Crippen LogP contribution is -2.63. The molecular weight excluding hydrogens is 234 g/mol. The maximum Gasteiger partial charge on any atom is 0.409 e. The fraction of sp³-hybridized carbons (Fsp3) is 0.889. The highest BCUT2D eigenvalue weighted by Crippen LogP contribution is 2.19. The summed E-state index contributed by atoms with van der Waals surface area (Å²) in [5.41, 5.74) is 0. The Morgan fingerprint density at radius 3 is 2.47 bits per heavy atom. The number of aliphatic hydroxyl groups excluding tert-OH is 4. The Kier molecular flexibility index (Phi) is 5.09. The van der Waals surface area contributed by atoms with Crippen molar-refractivity contribution in [1.29, 1.82) is 0 Å². The zero-order chi connectivity index (χ0) is 13.0. The van der Waals surface area contributed by atoms with Gasteiger partial charge in [-0.25, -0.2) is 4.79 Å². The highest BCUT2D eigenvalue weighted by molar-refractivity contribution is 5.67. The smallest absolute Gasteiger partial charge is 0.409 e. The van der Waals surface area contributed by atoms with Gasteiger partial charge in [0.25, 0.3) is 0 Å². The number of ether oxygens (including phenoxy) is 2. The minimum atomic E-state index is -1.52. The van der Waals surface area contributed by atoms with Crippen molar-refractivity contribution in [3.8, 4) is 0 Å². The van der Waals surface area contributed by atoms with E-state index in [0.29, 0.717) is 0 Å². The Morgan fingerprint density at radius 1 is 1.29 bits per heavy atom. The highest BCUT2D eigenvalue weighted by Gasteiger charge is 2.44. The van der Waals surface area contributed by atoms with Gasteiger partial charge in [-0.3, -0.25) is 5.32 Å². The molecule has 8 nitrogen and oxygen atoms in total. The Bertz CT molecular complexity index is 260. The van der Waals surface area contributed by atoms with E-state index in [1.54, 1.807) is 6.92 Å². The van der Waals surface area contributed by atoms with Gasteiger partial charge in [-0.1, -0.05) is 0 Å². The van der Waals surface area contributed by atoms with Crippen LogP contribution in [0.2, 0.25) is 0 Å². The van der Waals surface area contributed by atoms with Gasteiger partial charge in [0, 0.05) is 0 Å². The van der Waals surface area contributed by atoms with E-state index in [4.69, 9.17) is 9.84 Å². The van der Waals surface area contributed by atoms with Gasteiger partial charge in [-0.2, -0.15) is 0 Å². The number of aliphatic hydroxyl groups is 4. The minimum absolute atomic E-state index is 0.142. The van der Waals surface area contributed by atoms with E-state index >= 15 is 0 Å². The number of hydrogen-bond acceptors (Lipinski definition) is 7. The van der Waals surface area contributed by atoms with Gasteiger partial charge in [0.1, 0.15) is 24.4 Å². The summed E-state index contributed by atoms with van der Waals surface area (Å²) in [5.74, 6) is 0. The molecule has 1 fully saturated rings. The third kappa shape index (κ3) is 3.27. The standard InChI is InChI=1S/C9H17NO7/c1-2-16-9(15)10-8-7(14)6(13)5(12)4(3-11)17-8/h4-8,11-14H,2-3H2,1H3,(H,10,15)/t4-,5+,6-,7-,8-/m1/s1. The van der Waals surface area contributed by atoms with Gasteiger partial charge in [-0.15, -0.1) is 0 Å². The lowest BCUT2D eigenvalue weighted by molar-refractivity contribution is -0.234. The Balaban J connectivity index is 2.62. The number of nitrogens with one attached hydrogen (secondary N) is 1. The van der Waals surface area contributed by atoms with Crippen LogP contribution >= 0.6 is 0 Å². The molecule has 0 saturated carbocycles. The van der Waals surface area contributed by atoms with Gasteiger partial charge in [0.15, 0.2) is 6.23 Å². The van der Waals surface area contributed by atoms with E-state index in [1.165, 1.54) is 0 Å². The molecular formula is C9H17NO7. The van der Waals surface area contributed by atoms with Gasteiger partial charge in [0.2, 0.25) is 0 Å². The van der Waals surface area contributed by atoms with Gasteiger partial charge in [-0.05, 0) is 6.92 Å². The molecule has 0 unspecified atom stereocenters. The van der Waals surface area contributed by atoms with Crippen LogP contribution in [0.1, 0.15) is 6.92 Å². The van der Waals surface area contributed by atoms with Crippen molar-refractivity contribution in [3.63, 3.8) is 0 Å². The second-order valence-corrected chi connectivity index (χ2v) is 3.61. The fourth-order valence-corrected chi connectivity index (χ4v) is 1.51. The van der Waals surface area contributed by atoms with Crippen molar-refractivity contribution < 1.29 is 34.7 Å². The molecule has 0 aromatic heterocycles. The molecule has 1 aliphatic rings. The third-order valence-corrected chi connectivity index (χ3v) is 2.43. The van der Waals surface area contributed by atoms with Crippen molar-refractivity contribution >= 4 is 6.09 Å². The first-order valence-corrected chi connectivity index (χ1v) is 5.25. The first kappa shape index (κ1) is 14.1. The normalized spacial score (nSPS) is 37.6. The van der Waals surface area contributed by atoms with Crippen LogP contribution in [0.4, 0.5) is 4.79 Å². The van der Waals surface area contributed by atoms with Crippen LogP contribution < -0.4 is 5.32 Å². The largest absolute Gasteiger partial charge is 0.450 e. The quantitative estimate of drug-likeness (QED) is 0.376. The monoisotopic (exact) mass is 251 g/mol. The summed E-state index contributed by atoms with van der Waals surface area (Å²) >= 11 is 0. The maximum atomic E-state index is 11.1. The molecule has 5 N–H and O–H groups in total. The van der Waals surface area contributed by atoms with E-state index in [1.807, 2.05) is 0 Å². The molecule has 0 aromatic carbocycles. The molecule has 0 radical (unpaired) electrons. The second-order valence-electron chi connectivity index (χ2n) is 3.61. The van der Waals surface area contributed by atoms with Gasteiger partial charge in [0.05, 0.1) is 13.2 Å². The summed E-state index contributed by atoms with van der Waals surface area (Å²) in [6.45, 7) is 1.20. The third-order valence-electron chi connectivity index (χ3n) is 2.43. The predicted molar refractivity (Wildman–Crippen MR) is 53.9 cm³/mol. The minimum Gasteiger partial charge on any atom is -0.450 e. The lowest BCUT2D eigenvalue weighted by atomic mass is 9.98.